The van der Waals surface area contributed by atoms with Gasteiger partial charge in [-0.25, -0.2) is 0 Å². The fraction of sp³-hybridized carbons (Fsp3) is 0.526. The second kappa shape index (κ2) is 12.1. The number of hydrogen-bond donors (Lipinski definition) is 3. The number of aryl methyl sites for hydroxylation is 1. The van der Waals surface area contributed by atoms with Crippen LogP contribution in [-0.4, -0.2) is 54.9 Å². The van der Waals surface area contributed by atoms with Gasteiger partial charge in [0.2, 0.25) is 0 Å². The molecule has 3 N–H and O–H groups in total. The lowest BCUT2D eigenvalue weighted by Gasteiger charge is -2.21. The molecular weight excluding hydrogens is 393 g/mol. The summed E-state index contributed by atoms with van der Waals surface area (Å²) in [5.41, 5.74) is 0.982. The average Bonchev–Trinajstić information content (AvgIpc) is 2.68. The van der Waals surface area contributed by atoms with Crippen LogP contribution >= 0.6 is 0 Å². The molecule has 0 aliphatic carbocycles. The van der Waals surface area contributed by atoms with Gasteiger partial charge in [-0.1, -0.05) is 30.3 Å². The molecule has 0 bridgehead atoms. The van der Waals surface area contributed by atoms with Crippen molar-refractivity contribution < 1.29 is 37.4 Å². The maximum Gasteiger partial charge on any atom is 0.471 e. The van der Waals surface area contributed by atoms with Gasteiger partial charge in [0.05, 0.1) is 7.11 Å². The van der Waals surface area contributed by atoms with E-state index in [0.717, 1.165) is 5.56 Å². The third-order valence-electron chi connectivity index (χ3n) is 4.21. The predicted molar refractivity (Wildman–Crippen MR) is 98.0 cm³/mol. The summed E-state index contributed by atoms with van der Waals surface area (Å²) in [5, 5.41) is 13.9. The molecule has 2 atom stereocenters. The number of carbonyl (C=O) groups excluding carboxylic acids is 2. The second-order valence-electron chi connectivity index (χ2n) is 6.41. The van der Waals surface area contributed by atoms with Crippen LogP contribution in [-0.2, 0) is 25.5 Å². The zero-order valence-electron chi connectivity index (χ0n) is 16.0. The number of aliphatic carboxylic acids is 1. The summed E-state index contributed by atoms with van der Waals surface area (Å²) in [6.45, 7) is -0.223. The summed E-state index contributed by atoms with van der Waals surface area (Å²) < 4.78 is 41.0. The van der Waals surface area contributed by atoms with Crippen LogP contribution in [0.2, 0.25) is 0 Å². The lowest BCUT2D eigenvalue weighted by Crippen LogP contribution is -2.48. The van der Waals surface area contributed by atoms with Gasteiger partial charge in [-0.2, -0.15) is 13.2 Å². The molecule has 10 heteroatoms. The van der Waals surface area contributed by atoms with E-state index < -0.39 is 36.1 Å². The van der Waals surface area contributed by atoms with E-state index in [-0.39, 0.29) is 25.8 Å². The standard InChI is InChI=1S/C19H25F3N2O5/c1-29-17(27)15(11-10-13-7-3-2-4-8-13)24-14(16(25)26)9-5-6-12-23-18(28)19(20,21)22/h2-4,7-8,14-15,24H,5-6,9-12H2,1H3,(H,23,28)(H,25,26)/t14-,15?/m0/s1. The minimum atomic E-state index is -4.95. The number of nitrogens with one attached hydrogen (secondary N) is 2. The zero-order chi connectivity index (χ0) is 21.9. The van der Waals surface area contributed by atoms with Crippen LogP contribution in [0.3, 0.4) is 0 Å². The Hall–Kier alpha value is -2.62. The Labute approximate surface area is 166 Å². The molecule has 1 unspecified atom stereocenters. The second-order valence-corrected chi connectivity index (χ2v) is 6.41. The Morgan fingerprint density at radius 1 is 1.07 bits per heavy atom. The van der Waals surface area contributed by atoms with Crippen LogP contribution < -0.4 is 10.6 Å². The molecule has 0 aliphatic rings. The van der Waals surface area contributed by atoms with Crippen LogP contribution in [0.25, 0.3) is 0 Å². The molecule has 0 saturated carbocycles. The molecule has 1 aromatic carbocycles. The van der Waals surface area contributed by atoms with Gasteiger partial charge < -0.3 is 15.2 Å². The highest BCUT2D eigenvalue weighted by Crippen LogP contribution is 2.14. The van der Waals surface area contributed by atoms with Crippen LogP contribution in [0.1, 0.15) is 31.2 Å². The first-order valence-corrected chi connectivity index (χ1v) is 9.10. The van der Waals surface area contributed by atoms with Gasteiger partial charge in [-0.15, -0.1) is 0 Å². The largest absolute Gasteiger partial charge is 0.480 e. The topological polar surface area (TPSA) is 105 Å². The highest BCUT2D eigenvalue weighted by Gasteiger charge is 2.38. The van der Waals surface area contributed by atoms with Crippen molar-refractivity contribution in [3.63, 3.8) is 0 Å². The minimum Gasteiger partial charge on any atom is -0.480 e. The molecule has 1 rings (SSSR count). The van der Waals surface area contributed by atoms with E-state index in [9.17, 15) is 32.7 Å². The van der Waals surface area contributed by atoms with Crippen molar-refractivity contribution in [3.8, 4) is 0 Å². The Morgan fingerprint density at radius 3 is 2.28 bits per heavy atom. The van der Waals surface area contributed by atoms with Crippen molar-refractivity contribution >= 4 is 17.8 Å². The van der Waals surface area contributed by atoms with Crippen molar-refractivity contribution in [1.82, 2.24) is 10.6 Å². The van der Waals surface area contributed by atoms with Crippen LogP contribution in [0.5, 0.6) is 0 Å². The fourth-order valence-electron chi connectivity index (χ4n) is 2.66. The number of carbonyl (C=O) groups is 3. The van der Waals surface area contributed by atoms with E-state index in [2.05, 4.69) is 5.32 Å². The number of benzene rings is 1. The highest BCUT2D eigenvalue weighted by atomic mass is 19.4. The summed E-state index contributed by atoms with van der Waals surface area (Å²) >= 11 is 0. The first-order valence-electron chi connectivity index (χ1n) is 9.10. The van der Waals surface area contributed by atoms with Crippen molar-refractivity contribution in [2.24, 2.45) is 0 Å². The minimum absolute atomic E-state index is 0.0794. The first kappa shape index (κ1) is 24.4. The quantitative estimate of drug-likeness (QED) is 0.355. The molecule has 0 aliphatic heterocycles. The van der Waals surface area contributed by atoms with Crippen molar-refractivity contribution in [2.45, 2.75) is 50.4 Å². The summed E-state index contributed by atoms with van der Waals surface area (Å²) in [6, 6.07) is 7.42. The number of carboxylic acid groups (broad SMARTS) is 1. The summed E-state index contributed by atoms with van der Waals surface area (Å²) in [7, 11) is 1.21. The monoisotopic (exact) mass is 418 g/mol. The van der Waals surface area contributed by atoms with Gasteiger partial charge in [0.25, 0.3) is 0 Å². The highest BCUT2D eigenvalue weighted by molar-refractivity contribution is 5.81. The van der Waals surface area contributed by atoms with Crippen molar-refractivity contribution in [2.75, 3.05) is 13.7 Å². The van der Waals surface area contributed by atoms with E-state index >= 15 is 0 Å². The summed E-state index contributed by atoms with van der Waals surface area (Å²) in [5.74, 6) is -3.81. The molecule has 0 aromatic heterocycles. The normalized spacial score (nSPS) is 13.4. The zero-order valence-corrected chi connectivity index (χ0v) is 16.0. The molecule has 0 fully saturated rings. The van der Waals surface area contributed by atoms with Gasteiger partial charge in [0.15, 0.2) is 0 Å². The summed E-state index contributed by atoms with van der Waals surface area (Å²) in [4.78, 5) is 34.2. The smallest absolute Gasteiger partial charge is 0.471 e. The Kier molecular flexibility index (Phi) is 10.1. The van der Waals surface area contributed by atoms with Gasteiger partial charge in [0.1, 0.15) is 12.1 Å². The summed E-state index contributed by atoms with van der Waals surface area (Å²) in [6.07, 6.45) is -3.60. The van der Waals surface area contributed by atoms with Crippen molar-refractivity contribution in [3.05, 3.63) is 35.9 Å². The molecule has 29 heavy (non-hydrogen) atoms. The molecule has 0 radical (unpaired) electrons. The van der Waals surface area contributed by atoms with E-state index in [1.165, 1.54) is 7.11 Å². The maximum atomic E-state index is 12.1. The SMILES string of the molecule is COC(=O)C(CCc1ccccc1)N[C@@H](CCCCNC(=O)C(F)(F)F)C(=O)O. The number of hydrogen-bond acceptors (Lipinski definition) is 5. The molecule has 162 valence electrons. The third kappa shape index (κ3) is 9.42. The number of carboxylic acids is 1. The predicted octanol–water partition coefficient (Wildman–Crippen LogP) is 2.05. The number of methoxy groups -OCH3 is 1. The lowest BCUT2D eigenvalue weighted by molar-refractivity contribution is -0.173. The molecular formula is C19H25F3N2O5. The number of ether oxygens (including phenoxy) is 1. The van der Waals surface area contributed by atoms with Crippen LogP contribution in [0, 0.1) is 0 Å². The molecule has 7 nitrogen and oxygen atoms in total. The van der Waals surface area contributed by atoms with Crippen LogP contribution in [0.15, 0.2) is 30.3 Å². The number of rotatable bonds is 12. The Bertz CT molecular complexity index is 668. The van der Waals surface area contributed by atoms with E-state index in [4.69, 9.17) is 4.74 Å². The lowest BCUT2D eigenvalue weighted by atomic mass is 10.0. The molecule has 1 aromatic rings. The van der Waals surface area contributed by atoms with E-state index in [1.807, 2.05) is 30.3 Å². The van der Waals surface area contributed by atoms with E-state index in [1.54, 1.807) is 5.32 Å². The molecule has 0 heterocycles. The van der Waals surface area contributed by atoms with Crippen molar-refractivity contribution in [1.29, 1.82) is 0 Å². The third-order valence-corrected chi connectivity index (χ3v) is 4.21. The van der Waals surface area contributed by atoms with Gasteiger partial charge >= 0.3 is 24.0 Å². The fourth-order valence-corrected chi connectivity index (χ4v) is 2.66. The number of esters is 1. The first-order chi connectivity index (χ1) is 13.6. The van der Waals surface area contributed by atoms with Gasteiger partial charge in [-0.3, -0.25) is 19.7 Å². The molecule has 0 spiro atoms. The van der Waals surface area contributed by atoms with Gasteiger partial charge in [0, 0.05) is 6.54 Å². The average molecular weight is 418 g/mol. The Balaban J connectivity index is 2.53. The molecule has 0 saturated heterocycles. The maximum absolute atomic E-state index is 12.1. The number of halogens is 3. The number of amides is 1. The Morgan fingerprint density at radius 2 is 1.72 bits per heavy atom. The van der Waals surface area contributed by atoms with Gasteiger partial charge in [-0.05, 0) is 37.7 Å². The number of alkyl halides is 3. The molecule has 1 amide bonds. The number of unbranched alkanes of at least 4 members (excludes halogenated alkanes) is 1. The van der Waals surface area contributed by atoms with E-state index in [0.29, 0.717) is 12.8 Å². The van der Waals surface area contributed by atoms with Crippen LogP contribution in [0.4, 0.5) is 13.2 Å².